The molecule has 0 saturated carbocycles. The van der Waals surface area contributed by atoms with E-state index in [2.05, 4.69) is 4.74 Å². The van der Waals surface area contributed by atoms with Gasteiger partial charge in [-0.05, 0) is 13.0 Å². The molecule has 0 radical (unpaired) electrons. The number of carbonyl (C=O) groups excluding carboxylic acids is 1. The van der Waals surface area contributed by atoms with Crippen molar-refractivity contribution in [1.82, 2.24) is 4.57 Å². The molecule has 0 aromatic carbocycles. The monoisotopic (exact) mass is 301 g/mol. The molecule has 0 aliphatic carbocycles. The van der Waals surface area contributed by atoms with Crippen molar-refractivity contribution in [3.8, 4) is 0 Å². The predicted octanol–water partition coefficient (Wildman–Crippen LogP) is 1.86. The van der Waals surface area contributed by atoms with Crippen molar-refractivity contribution in [3.63, 3.8) is 0 Å². The van der Waals surface area contributed by atoms with Crippen LogP contribution in [0.15, 0.2) is 17.2 Å². The van der Waals surface area contributed by atoms with Crippen molar-refractivity contribution in [2.45, 2.75) is 24.8 Å². The van der Waals surface area contributed by atoms with Crippen LogP contribution in [0.5, 0.6) is 0 Å². The summed E-state index contributed by atoms with van der Waals surface area (Å²) in [4.78, 5) is 11.0. The third kappa shape index (κ3) is 3.67. The minimum Gasteiger partial charge on any atom is -0.461 e. The maximum absolute atomic E-state index is 12.3. The molecule has 0 spiro atoms. The van der Waals surface area contributed by atoms with Crippen molar-refractivity contribution in [3.05, 3.63) is 18.0 Å². The molecule has 0 N–H and O–H groups in total. The summed E-state index contributed by atoms with van der Waals surface area (Å²) >= 11 is 0. The van der Waals surface area contributed by atoms with Crippen LogP contribution < -0.4 is 0 Å². The zero-order valence-corrected chi connectivity index (χ0v) is 10.8. The molecule has 0 atom stereocenters. The first-order valence-corrected chi connectivity index (χ1v) is 7.16. The summed E-state index contributed by atoms with van der Waals surface area (Å²) in [5.74, 6) is -0.885. The summed E-state index contributed by atoms with van der Waals surface area (Å²) in [6, 6.07) is 0.905. The first-order chi connectivity index (χ1) is 8.25. The van der Waals surface area contributed by atoms with E-state index in [1.807, 2.05) is 0 Å². The van der Waals surface area contributed by atoms with Crippen LogP contribution in [0.3, 0.4) is 0 Å². The van der Waals surface area contributed by atoms with Crippen LogP contribution in [0.1, 0.15) is 17.4 Å². The van der Waals surface area contributed by atoms with Gasteiger partial charge in [0.1, 0.15) is 10.6 Å². The highest BCUT2D eigenvalue weighted by molar-refractivity contribution is 8.13. The first-order valence-electron chi connectivity index (χ1n) is 4.85. The van der Waals surface area contributed by atoms with Crippen LogP contribution in [0.2, 0.25) is 0 Å². The number of alkyl halides is 2. The number of ether oxygens (including phenoxy) is 1. The van der Waals surface area contributed by atoms with Crippen molar-refractivity contribution in [1.29, 1.82) is 0 Å². The first kappa shape index (κ1) is 14.9. The van der Waals surface area contributed by atoms with E-state index < -0.39 is 32.9 Å². The fraction of sp³-hybridized carbons (Fsp3) is 0.444. The molecule has 102 valence electrons. The van der Waals surface area contributed by atoms with Crippen molar-refractivity contribution >= 4 is 25.7 Å². The van der Waals surface area contributed by atoms with Crippen molar-refractivity contribution in [2.75, 3.05) is 6.61 Å². The third-order valence-electron chi connectivity index (χ3n) is 1.97. The van der Waals surface area contributed by atoms with Gasteiger partial charge >= 0.3 is 5.97 Å². The number of nitrogens with zero attached hydrogens (tertiary/aromatic N) is 1. The number of halogens is 3. The Balaban J connectivity index is 3.21. The van der Waals surface area contributed by atoms with Crippen molar-refractivity contribution < 1.29 is 26.7 Å². The fourth-order valence-corrected chi connectivity index (χ4v) is 2.05. The highest BCUT2D eigenvalue weighted by Gasteiger charge is 2.22. The number of carbonyl (C=O) groups is 1. The van der Waals surface area contributed by atoms with E-state index in [1.54, 1.807) is 0 Å². The second-order valence-corrected chi connectivity index (χ2v) is 5.83. The molecule has 0 aliphatic heterocycles. The molecule has 1 aromatic heterocycles. The average Bonchev–Trinajstić information content (AvgIpc) is 2.60. The lowest BCUT2D eigenvalue weighted by molar-refractivity contribution is 0.0506. The Kier molecular flexibility index (Phi) is 4.69. The second-order valence-electron chi connectivity index (χ2n) is 3.26. The largest absolute Gasteiger partial charge is 0.461 e. The molecule has 5 nitrogen and oxygen atoms in total. The fourth-order valence-electron chi connectivity index (χ4n) is 1.29. The molecule has 1 rings (SSSR count). The molecule has 18 heavy (non-hydrogen) atoms. The zero-order valence-electron chi connectivity index (χ0n) is 9.27. The van der Waals surface area contributed by atoms with Crippen LogP contribution in [-0.4, -0.2) is 32.0 Å². The Bertz CT molecular complexity index is 541. The molecule has 1 heterocycles. The van der Waals surface area contributed by atoms with Gasteiger partial charge in [-0.1, -0.05) is 0 Å². The zero-order chi connectivity index (χ0) is 13.9. The normalized spacial score (nSPS) is 11.8. The Morgan fingerprint density at radius 2 is 2.17 bits per heavy atom. The number of aromatic nitrogens is 1. The van der Waals surface area contributed by atoms with Gasteiger partial charge in [0.2, 0.25) is 0 Å². The lowest BCUT2D eigenvalue weighted by Gasteiger charge is -2.07. The summed E-state index contributed by atoms with van der Waals surface area (Å²) in [5.41, 5.74) is -0.281. The summed E-state index contributed by atoms with van der Waals surface area (Å²) in [7, 11) is 0.991. The summed E-state index contributed by atoms with van der Waals surface area (Å²) < 4.78 is 52.2. The van der Waals surface area contributed by atoms with E-state index in [0.29, 0.717) is 0 Å². The van der Waals surface area contributed by atoms with Crippen LogP contribution in [-0.2, 0) is 20.3 Å². The minimum absolute atomic E-state index is 0.0433. The van der Waals surface area contributed by atoms with Crippen molar-refractivity contribution in [2.24, 2.45) is 0 Å². The van der Waals surface area contributed by atoms with E-state index in [0.717, 1.165) is 16.8 Å². The van der Waals surface area contributed by atoms with Gasteiger partial charge < -0.3 is 9.30 Å². The SMILES string of the molecule is CCOC(=O)c1cc(S(=O)(=O)Cl)cn1CC(F)F. The molecule has 1 aromatic rings. The lowest BCUT2D eigenvalue weighted by atomic mass is 10.4. The molecule has 0 saturated heterocycles. The van der Waals surface area contributed by atoms with Gasteiger partial charge in [-0.15, -0.1) is 0 Å². The Morgan fingerprint density at radius 1 is 1.56 bits per heavy atom. The third-order valence-corrected chi connectivity index (χ3v) is 3.29. The molecule has 0 fully saturated rings. The van der Waals surface area contributed by atoms with Gasteiger partial charge in [-0.3, -0.25) is 0 Å². The summed E-state index contributed by atoms with van der Waals surface area (Å²) in [5, 5.41) is 0. The Labute approximate surface area is 107 Å². The van der Waals surface area contributed by atoms with Gasteiger partial charge in [0.05, 0.1) is 13.2 Å². The molecular weight excluding hydrogens is 292 g/mol. The highest BCUT2D eigenvalue weighted by atomic mass is 35.7. The van der Waals surface area contributed by atoms with Crippen LogP contribution in [0.25, 0.3) is 0 Å². The standard InChI is InChI=1S/C9H10ClF2NO4S/c1-2-17-9(14)7-3-6(18(10,15)16)4-13(7)5-8(11)12/h3-4,8H,2,5H2,1H3. The molecule has 0 amide bonds. The summed E-state index contributed by atoms with van der Waals surface area (Å²) in [6.45, 7) is 0.764. The summed E-state index contributed by atoms with van der Waals surface area (Å²) in [6.07, 6.45) is -1.86. The van der Waals surface area contributed by atoms with E-state index in [1.165, 1.54) is 6.92 Å². The van der Waals surface area contributed by atoms with Gasteiger partial charge in [-0.25, -0.2) is 22.0 Å². The Morgan fingerprint density at radius 3 is 2.61 bits per heavy atom. The van der Waals surface area contributed by atoms with Gasteiger partial charge in [-0.2, -0.15) is 0 Å². The number of esters is 1. The number of hydrogen-bond donors (Lipinski definition) is 0. The minimum atomic E-state index is -4.09. The molecule has 0 bridgehead atoms. The smallest absolute Gasteiger partial charge is 0.354 e. The molecule has 9 heteroatoms. The van der Waals surface area contributed by atoms with E-state index >= 15 is 0 Å². The van der Waals surface area contributed by atoms with Gasteiger partial charge in [0.25, 0.3) is 15.5 Å². The number of rotatable bonds is 5. The molecule has 0 unspecified atom stereocenters. The van der Waals surface area contributed by atoms with Crippen LogP contribution in [0.4, 0.5) is 8.78 Å². The van der Waals surface area contributed by atoms with Gasteiger partial charge in [0, 0.05) is 16.9 Å². The number of hydrogen-bond acceptors (Lipinski definition) is 4. The quantitative estimate of drug-likeness (QED) is 0.615. The highest BCUT2D eigenvalue weighted by Crippen LogP contribution is 2.20. The maximum Gasteiger partial charge on any atom is 0.354 e. The molecular formula is C9H10ClF2NO4S. The second kappa shape index (κ2) is 5.66. The van der Waals surface area contributed by atoms with E-state index in [-0.39, 0.29) is 12.3 Å². The lowest BCUT2D eigenvalue weighted by Crippen LogP contribution is -2.14. The maximum atomic E-state index is 12.3. The van der Waals surface area contributed by atoms with Crippen LogP contribution in [0, 0.1) is 0 Å². The van der Waals surface area contributed by atoms with Crippen LogP contribution >= 0.6 is 10.7 Å². The molecule has 0 aliphatic rings. The predicted molar refractivity (Wildman–Crippen MR) is 59.4 cm³/mol. The van der Waals surface area contributed by atoms with E-state index in [4.69, 9.17) is 10.7 Å². The van der Waals surface area contributed by atoms with E-state index in [9.17, 15) is 22.0 Å². The topological polar surface area (TPSA) is 65.4 Å². The average molecular weight is 302 g/mol. The van der Waals surface area contributed by atoms with Gasteiger partial charge in [0.15, 0.2) is 0 Å². The Hall–Kier alpha value is -1.15.